The Kier molecular flexibility index (Phi) is 6.06. The smallest absolute Gasteiger partial charge is 0.238 e. The predicted octanol–water partition coefficient (Wildman–Crippen LogP) is 3.34. The number of hydrogen-bond donors (Lipinski definition) is 2. The molecule has 2 rings (SSSR count). The van der Waals surface area contributed by atoms with Crippen LogP contribution in [0.15, 0.2) is 34.9 Å². The molecule has 0 saturated carbocycles. The van der Waals surface area contributed by atoms with Crippen LogP contribution in [0.4, 0.5) is 11.5 Å². The Hall–Kier alpha value is -1.99. The second kappa shape index (κ2) is 8.03. The number of aryl methyl sites for hydroxylation is 1. The van der Waals surface area contributed by atoms with Gasteiger partial charge in [0.05, 0.1) is 11.0 Å². The molecular formula is C15H16ClN3O3S. The van der Waals surface area contributed by atoms with Crippen molar-refractivity contribution in [3.63, 3.8) is 0 Å². The van der Waals surface area contributed by atoms with Gasteiger partial charge in [-0.1, -0.05) is 16.8 Å². The van der Waals surface area contributed by atoms with Gasteiger partial charge in [0.15, 0.2) is 5.82 Å². The zero-order valence-corrected chi connectivity index (χ0v) is 14.2. The molecule has 0 radical (unpaired) electrons. The molecule has 1 heterocycles. The lowest BCUT2D eigenvalue weighted by Crippen LogP contribution is -2.25. The van der Waals surface area contributed by atoms with Crippen LogP contribution in [-0.4, -0.2) is 28.0 Å². The van der Waals surface area contributed by atoms with Crippen LogP contribution >= 0.6 is 23.4 Å². The van der Waals surface area contributed by atoms with Gasteiger partial charge in [0, 0.05) is 16.8 Å². The molecule has 0 fully saturated rings. The van der Waals surface area contributed by atoms with Crippen LogP contribution in [0.1, 0.15) is 12.7 Å². The highest BCUT2D eigenvalue weighted by Gasteiger charge is 2.16. The van der Waals surface area contributed by atoms with E-state index < -0.39 is 5.25 Å². The summed E-state index contributed by atoms with van der Waals surface area (Å²) in [6, 6.07) is 8.45. The maximum atomic E-state index is 12.0. The maximum absolute atomic E-state index is 12.0. The highest BCUT2D eigenvalue weighted by atomic mass is 35.5. The van der Waals surface area contributed by atoms with Gasteiger partial charge in [-0.05, 0) is 38.1 Å². The fourth-order valence-corrected chi connectivity index (χ4v) is 2.47. The van der Waals surface area contributed by atoms with E-state index in [1.807, 2.05) is 0 Å². The van der Waals surface area contributed by atoms with Gasteiger partial charge in [-0.15, -0.1) is 11.8 Å². The number of anilines is 2. The molecule has 0 spiro atoms. The number of hydrogen-bond acceptors (Lipinski definition) is 5. The third-order valence-electron chi connectivity index (χ3n) is 2.84. The van der Waals surface area contributed by atoms with Crippen molar-refractivity contribution in [1.29, 1.82) is 0 Å². The Morgan fingerprint density at radius 2 is 2.00 bits per heavy atom. The molecule has 0 aliphatic rings. The lowest BCUT2D eigenvalue weighted by atomic mass is 10.3. The average molecular weight is 354 g/mol. The van der Waals surface area contributed by atoms with E-state index in [1.165, 1.54) is 11.8 Å². The average Bonchev–Trinajstić information content (AvgIpc) is 2.92. The summed E-state index contributed by atoms with van der Waals surface area (Å²) in [6.45, 7) is 3.46. The van der Waals surface area contributed by atoms with Gasteiger partial charge in [-0.2, -0.15) is 0 Å². The zero-order chi connectivity index (χ0) is 16.8. The van der Waals surface area contributed by atoms with Crippen molar-refractivity contribution in [1.82, 2.24) is 5.16 Å². The molecule has 0 aliphatic carbocycles. The topological polar surface area (TPSA) is 84.2 Å². The Balaban J connectivity index is 1.76. The van der Waals surface area contributed by atoms with Crippen molar-refractivity contribution in [2.24, 2.45) is 0 Å². The molecule has 2 amide bonds. The first-order valence-electron chi connectivity index (χ1n) is 6.85. The predicted molar refractivity (Wildman–Crippen MR) is 91.9 cm³/mol. The van der Waals surface area contributed by atoms with Crippen molar-refractivity contribution < 1.29 is 14.1 Å². The number of thioether (sulfide) groups is 1. The number of rotatable bonds is 6. The number of nitrogens with one attached hydrogen (secondary N) is 2. The van der Waals surface area contributed by atoms with Crippen LogP contribution in [0, 0.1) is 6.92 Å². The first-order chi connectivity index (χ1) is 10.9. The molecule has 0 saturated heterocycles. The molecule has 2 aromatic rings. The largest absolute Gasteiger partial charge is 0.360 e. The normalized spacial score (nSPS) is 11.8. The number of aromatic nitrogens is 1. The van der Waals surface area contributed by atoms with Crippen LogP contribution in [0.25, 0.3) is 0 Å². The first kappa shape index (κ1) is 17.4. The molecule has 2 N–H and O–H groups in total. The van der Waals surface area contributed by atoms with E-state index in [-0.39, 0.29) is 17.6 Å². The third kappa shape index (κ3) is 5.61. The number of benzene rings is 1. The van der Waals surface area contributed by atoms with Crippen molar-refractivity contribution in [2.45, 2.75) is 19.1 Å². The fourth-order valence-electron chi connectivity index (χ4n) is 1.66. The molecule has 6 nitrogen and oxygen atoms in total. The number of carbonyl (C=O) groups excluding carboxylic acids is 2. The Morgan fingerprint density at radius 3 is 2.61 bits per heavy atom. The summed E-state index contributed by atoms with van der Waals surface area (Å²) >= 11 is 7.01. The molecule has 8 heteroatoms. The van der Waals surface area contributed by atoms with E-state index in [0.717, 1.165) is 0 Å². The summed E-state index contributed by atoms with van der Waals surface area (Å²) in [5, 5.41) is 9.26. The summed E-state index contributed by atoms with van der Waals surface area (Å²) in [5.41, 5.74) is 0.662. The number of carbonyl (C=O) groups is 2. The second-order valence-electron chi connectivity index (χ2n) is 4.82. The van der Waals surface area contributed by atoms with Gasteiger partial charge < -0.3 is 15.2 Å². The van der Waals surface area contributed by atoms with Crippen LogP contribution in [-0.2, 0) is 9.59 Å². The lowest BCUT2D eigenvalue weighted by Gasteiger charge is -2.10. The maximum Gasteiger partial charge on any atom is 0.238 e. The van der Waals surface area contributed by atoms with Gasteiger partial charge in [-0.3, -0.25) is 9.59 Å². The minimum atomic E-state index is -0.400. The van der Waals surface area contributed by atoms with Crippen LogP contribution in [0.3, 0.4) is 0 Å². The second-order valence-corrected chi connectivity index (χ2v) is 6.59. The minimum absolute atomic E-state index is 0.162. The Bertz CT molecular complexity index is 688. The van der Waals surface area contributed by atoms with E-state index in [1.54, 1.807) is 44.2 Å². The van der Waals surface area contributed by atoms with Crippen LogP contribution < -0.4 is 10.6 Å². The van der Waals surface area contributed by atoms with Crippen LogP contribution in [0.2, 0.25) is 5.02 Å². The quantitative estimate of drug-likeness (QED) is 0.832. The monoisotopic (exact) mass is 353 g/mol. The van der Waals surface area contributed by atoms with Gasteiger partial charge >= 0.3 is 0 Å². The van der Waals surface area contributed by atoms with Crippen molar-refractivity contribution in [3.05, 3.63) is 41.1 Å². The highest BCUT2D eigenvalue weighted by Crippen LogP contribution is 2.16. The number of nitrogens with zero attached hydrogens (tertiary/aromatic N) is 1. The first-order valence-corrected chi connectivity index (χ1v) is 8.28. The molecule has 1 aromatic heterocycles. The summed E-state index contributed by atoms with van der Waals surface area (Å²) in [7, 11) is 0. The van der Waals surface area contributed by atoms with Gasteiger partial charge in [-0.25, -0.2) is 0 Å². The van der Waals surface area contributed by atoms with Gasteiger partial charge in [0.1, 0.15) is 5.76 Å². The number of amides is 2. The van der Waals surface area contributed by atoms with Crippen LogP contribution in [0.5, 0.6) is 0 Å². The molecule has 0 aliphatic heterocycles. The van der Waals surface area contributed by atoms with E-state index in [9.17, 15) is 9.59 Å². The highest BCUT2D eigenvalue weighted by molar-refractivity contribution is 8.01. The molecule has 1 aromatic carbocycles. The zero-order valence-electron chi connectivity index (χ0n) is 12.6. The molecule has 23 heavy (non-hydrogen) atoms. The van der Waals surface area contributed by atoms with Crippen molar-refractivity contribution in [3.8, 4) is 0 Å². The Morgan fingerprint density at radius 1 is 1.30 bits per heavy atom. The summed E-state index contributed by atoms with van der Waals surface area (Å²) < 4.78 is 4.87. The molecule has 1 atom stereocenters. The van der Waals surface area contributed by atoms with Gasteiger partial charge in [0.2, 0.25) is 11.8 Å². The van der Waals surface area contributed by atoms with E-state index in [4.69, 9.17) is 16.1 Å². The van der Waals surface area contributed by atoms with Crippen molar-refractivity contribution in [2.75, 3.05) is 16.4 Å². The molecule has 0 unspecified atom stereocenters. The third-order valence-corrected chi connectivity index (χ3v) is 4.24. The standard InChI is InChI=1S/C15H16ClN3O3S/c1-9-7-13(19-22-9)18-15(21)10(2)23-8-14(20)17-12-5-3-11(16)4-6-12/h3-7,10H,8H2,1-2H3,(H,17,20)(H,18,19,21)/t10-/m1/s1. The molecular weight excluding hydrogens is 338 g/mol. The van der Waals surface area contributed by atoms with E-state index in [2.05, 4.69) is 15.8 Å². The lowest BCUT2D eigenvalue weighted by molar-refractivity contribution is -0.115. The summed E-state index contributed by atoms with van der Waals surface area (Å²) in [6.07, 6.45) is 0. The Labute approximate surface area is 142 Å². The minimum Gasteiger partial charge on any atom is -0.360 e. The molecule has 122 valence electrons. The summed E-state index contributed by atoms with van der Waals surface area (Å²) in [4.78, 5) is 23.8. The summed E-state index contributed by atoms with van der Waals surface area (Å²) in [5.74, 6) is 0.722. The van der Waals surface area contributed by atoms with E-state index in [0.29, 0.717) is 22.3 Å². The van der Waals surface area contributed by atoms with Gasteiger partial charge in [0.25, 0.3) is 0 Å². The number of halogens is 1. The fraction of sp³-hybridized carbons (Fsp3) is 0.267. The molecule has 0 bridgehead atoms. The van der Waals surface area contributed by atoms with Crippen molar-refractivity contribution >= 4 is 46.7 Å². The van der Waals surface area contributed by atoms with E-state index >= 15 is 0 Å². The SMILES string of the molecule is Cc1cc(NC(=O)[C@@H](C)SCC(=O)Nc2ccc(Cl)cc2)no1.